The van der Waals surface area contributed by atoms with Crippen molar-refractivity contribution in [2.45, 2.75) is 25.4 Å². The zero-order chi connectivity index (χ0) is 13.4. The van der Waals surface area contributed by atoms with Crippen LogP contribution in [0.1, 0.15) is 23.2 Å². The number of aromatic carboxylic acids is 1. The molecule has 1 aliphatic rings. The number of likely N-dealkylation sites (N-methyl/N-ethyl adjacent to an activating group) is 1. The van der Waals surface area contributed by atoms with Crippen LogP contribution in [0.3, 0.4) is 0 Å². The number of carboxylic acids is 1. The van der Waals surface area contributed by atoms with E-state index >= 15 is 0 Å². The van der Waals surface area contributed by atoms with Gasteiger partial charge in [0.25, 0.3) is 0 Å². The van der Waals surface area contributed by atoms with Gasteiger partial charge in [-0.15, -0.1) is 0 Å². The summed E-state index contributed by atoms with van der Waals surface area (Å²) in [5.74, 6) is -0.896. The van der Waals surface area contributed by atoms with Crippen LogP contribution in [0.4, 0.5) is 0 Å². The summed E-state index contributed by atoms with van der Waals surface area (Å²) >= 11 is 0. The highest BCUT2D eigenvalue weighted by atomic mass is 16.4. The summed E-state index contributed by atoms with van der Waals surface area (Å²) in [6, 6.07) is 5.71. The first-order chi connectivity index (χ1) is 9.16. The number of carboxylic acid groups (broad SMARTS) is 1. The minimum absolute atomic E-state index is 0.329. The van der Waals surface area contributed by atoms with Gasteiger partial charge in [0.15, 0.2) is 0 Å². The van der Waals surface area contributed by atoms with Crippen molar-refractivity contribution in [3.05, 3.63) is 30.1 Å². The van der Waals surface area contributed by atoms with Crippen LogP contribution < -0.4 is 0 Å². The van der Waals surface area contributed by atoms with E-state index in [0.29, 0.717) is 11.6 Å². The summed E-state index contributed by atoms with van der Waals surface area (Å²) < 4.78 is 1.98. The maximum atomic E-state index is 11.3. The molecule has 0 spiro atoms. The molecule has 2 heterocycles. The van der Waals surface area contributed by atoms with Gasteiger partial charge in [-0.3, -0.25) is 0 Å². The summed E-state index contributed by atoms with van der Waals surface area (Å²) in [7, 11) is 2.12. The van der Waals surface area contributed by atoms with Gasteiger partial charge in [-0.05, 0) is 38.6 Å². The molecule has 1 atom stereocenters. The number of likely N-dealkylation sites (tertiary alicyclic amines) is 1. The molecule has 1 fully saturated rings. The van der Waals surface area contributed by atoms with E-state index < -0.39 is 5.97 Å². The maximum Gasteiger partial charge on any atom is 0.337 e. The number of imidazole rings is 1. The van der Waals surface area contributed by atoms with Gasteiger partial charge in [0, 0.05) is 12.6 Å². The van der Waals surface area contributed by atoms with Crippen LogP contribution in [0.15, 0.2) is 24.5 Å². The predicted octanol–water partition coefficient (Wildman–Crippen LogP) is 1.83. The van der Waals surface area contributed by atoms with Crippen molar-refractivity contribution in [2.75, 3.05) is 13.6 Å². The van der Waals surface area contributed by atoms with E-state index in [1.54, 1.807) is 18.5 Å². The number of benzene rings is 1. The van der Waals surface area contributed by atoms with Crippen LogP contribution in [-0.2, 0) is 6.54 Å². The highest BCUT2D eigenvalue weighted by Gasteiger charge is 2.22. The fraction of sp³-hybridized carbons (Fsp3) is 0.429. The van der Waals surface area contributed by atoms with Crippen molar-refractivity contribution in [2.24, 2.45) is 0 Å². The molecule has 1 saturated heterocycles. The Balaban J connectivity index is 2.01. The average Bonchev–Trinajstić information content (AvgIpc) is 2.97. The normalized spacial score (nSPS) is 20.2. The lowest BCUT2D eigenvalue weighted by Gasteiger charge is -2.20. The molecule has 0 aliphatic carbocycles. The van der Waals surface area contributed by atoms with Crippen LogP contribution >= 0.6 is 0 Å². The Kier molecular flexibility index (Phi) is 2.98. The van der Waals surface area contributed by atoms with E-state index in [1.807, 2.05) is 10.6 Å². The van der Waals surface area contributed by atoms with Gasteiger partial charge >= 0.3 is 5.97 Å². The van der Waals surface area contributed by atoms with Crippen LogP contribution in [-0.4, -0.2) is 45.2 Å². The van der Waals surface area contributed by atoms with E-state index in [4.69, 9.17) is 0 Å². The second-order valence-corrected chi connectivity index (χ2v) is 5.15. The summed E-state index contributed by atoms with van der Waals surface area (Å²) in [6.45, 7) is 1.92. The molecule has 0 saturated carbocycles. The third kappa shape index (κ3) is 2.10. The average molecular weight is 259 g/mol. The monoisotopic (exact) mass is 259 g/mol. The zero-order valence-electron chi connectivity index (χ0n) is 10.9. The molecular weight excluding hydrogens is 242 g/mol. The Labute approximate surface area is 111 Å². The third-order valence-corrected chi connectivity index (χ3v) is 3.95. The first kappa shape index (κ1) is 12.2. The van der Waals surface area contributed by atoms with Gasteiger partial charge in [-0.2, -0.15) is 0 Å². The Morgan fingerprint density at radius 3 is 3.05 bits per heavy atom. The van der Waals surface area contributed by atoms with E-state index in [0.717, 1.165) is 30.5 Å². The first-order valence-corrected chi connectivity index (χ1v) is 6.54. The first-order valence-electron chi connectivity index (χ1n) is 6.54. The number of carbonyl (C=O) groups is 1. The summed E-state index contributed by atoms with van der Waals surface area (Å²) in [4.78, 5) is 18.0. The standard InChI is InChI=1S/C14H17N3O2/c1-16-7-3-4-10(16)8-17-9-15-12-6-2-5-11(13(12)17)14(18)19/h2,5-6,9-10H,3-4,7-8H2,1H3,(H,18,19). The molecule has 5 nitrogen and oxygen atoms in total. The van der Waals surface area contributed by atoms with E-state index in [9.17, 15) is 9.90 Å². The summed E-state index contributed by atoms with van der Waals surface area (Å²) in [5.41, 5.74) is 1.81. The number of rotatable bonds is 3. The van der Waals surface area contributed by atoms with Crippen molar-refractivity contribution in [1.29, 1.82) is 0 Å². The molecule has 1 aromatic heterocycles. The van der Waals surface area contributed by atoms with E-state index in [1.165, 1.54) is 6.42 Å². The van der Waals surface area contributed by atoms with Crippen LogP contribution in [0, 0.1) is 0 Å². The lowest BCUT2D eigenvalue weighted by molar-refractivity contribution is 0.0698. The molecule has 1 aromatic carbocycles. The van der Waals surface area contributed by atoms with Crippen molar-refractivity contribution >= 4 is 17.0 Å². The minimum atomic E-state index is -0.896. The van der Waals surface area contributed by atoms with E-state index in [-0.39, 0.29) is 0 Å². The number of hydrogen-bond acceptors (Lipinski definition) is 3. The molecule has 3 rings (SSSR count). The fourth-order valence-electron chi connectivity index (χ4n) is 2.87. The Bertz CT molecular complexity index is 620. The molecule has 0 amide bonds. The number of fused-ring (bicyclic) bond motifs is 1. The second-order valence-electron chi connectivity index (χ2n) is 5.15. The highest BCUT2D eigenvalue weighted by molar-refractivity contribution is 6.01. The smallest absolute Gasteiger partial charge is 0.337 e. The van der Waals surface area contributed by atoms with Crippen LogP contribution in [0.25, 0.3) is 11.0 Å². The summed E-state index contributed by atoms with van der Waals surface area (Å²) in [6.07, 6.45) is 4.12. The number of aromatic nitrogens is 2. The maximum absolute atomic E-state index is 11.3. The number of hydrogen-bond donors (Lipinski definition) is 1. The SMILES string of the molecule is CN1CCCC1Cn1cnc2cccc(C(=O)O)c21. The molecule has 1 aliphatic heterocycles. The molecular formula is C14H17N3O2. The topological polar surface area (TPSA) is 58.4 Å². The largest absolute Gasteiger partial charge is 0.478 e. The fourth-order valence-corrected chi connectivity index (χ4v) is 2.87. The van der Waals surface area contributed by atoms with E-state index in [2.05, 4.69) is 16.9 Å². The van der Waals surface area contributed by atoms with Gasteiger partial charge in [0.05, 0.1) is 22.9 Å². The molecule has 2 aromatic rings. The molecule has 100 valence electrons. The number of nitrogens with zero attached hydrogens (tertiary/aromatic N) is 3. The van der Waals surface area contributed by atoms with Gasteiger partial charge in [-0.25, -0.2) is 9.78 Å². The lowest BCUT2D eigenvalue weighted by Crippen LogP contribution is -2.29. The quantitative estimate of drug-likeness (QED) is 0.913. The zero-order valence-corrected chi connectivity index (χ0v) is 10.9. The van der Waals surface area contributed by atoms with Gasteiger partial charge < -0.3 is 14.6 Å². The Hall–Kier alpha value is -1.88. The molecule has 1 unspecified atom stereocenters. The van der Waals surface area contributed by atoms with Gasteiger partial charge in [0.1, 0.15) is 0 Å². The number of para-hydroxylation sites is 1. The van der Waals surface area contributed by atoms with Gasteiger partial charge in [0.2, 0.25) is 0 Å². The third-order valence-electron chi connectivity index (χ3n) is 3.95. The summed E-state index contributed by atoms with van der Waals surface area (Å²) in [5, 5.41) is 9.29. The van der Waals surface area contributed by atoms with Crippen molar-refractivity contribution in [3.8, 4) is 0 Å². The molecule has 5 heteroatoms. The second kappa shape index (κ2) is 4.66. The van der Waals surface area contributed by atoms with Crippen molar-refractivity contribution in [1.82, 2.24) is 14.5 Å². The van der Waals surface area contributed by atoms with Crippen LogP contribution in [0.2, 0.25) is 0 Å². The highest BCUT2D eigenvalue weighted by Crippen LogP contribution is 2.22. The van der Waals surface area contributed by atoms with Crippen LogP contribution in [0.5, 0.6) is 0 Å². The minimum Gasteiger partial charge on any atom is -0.478 e. The molecule has 0 bridgehead atoms. The Morgan fingerprint density at radius 2 is 2.37 bits per heavy atom. The van der Waals surface area contributed by atoms with Crippen molar-refractivity contribution in [3.63, 3.8) is 0 Å². The predicted molar refractivity (Wildman–Crippen MR) is 72.3 cm³/mol. The molecule has 1 N–H and O–H groups in total. The lowest BCUT2D eigenvalue weighted by atomic mass is 10.1. The van der Waals surface area contributed by atoms with Crippen molar-refractivity contribution < 1.29 is 9.90 Å². The Morgan fingerprint density at radius 1 is 1.53 bits per heavy atom. The molecule has 0 radical (unpaired) electrons. The molecule has 19 heavy (non-hydrogen) atoms. The van der Waals surface area contributed by atoms with Gasteiger partial charge in [-0.1, -0.05) is 6.07 Å².